The molecule has 0 aliphatic carbocycles. The molecule has 0 amide bonds. The molecular weight excluding hydrogens is 282 g/mol. The standard InChI is InChI=1S/C14H20ClNO2S/c1-14(16-2,13(17)18)9-5-6-10-19-12-8-4-3-7-11(12)15/h3-4,7-8,16H,5-6,9-10H2,1-2H3,(H,17,18). The zero-order valence-corrected chi connectivity index (χ0v) is 12.9. The predicted octanol–water partition coefficient (Wildman–Crippen LogP) is 3.67. The van der Waals surface area contributed by atoms with Gasteiger partial charge in [-0.05, 0) is 44.7 Å². The first-order valence-electron chi connectivity index (χ1n) is 6.29. The Morgan fingerprint density at radius 1 is 1.42 bits per heavy atom. The number of nitrogens with one attached hydrogen (secondary N) is 1. The van der Waals surface area contributed by atoms with Gasteiger partial charge in [0.15, 0.2) is 0 Å². The second-order valence-corrected chi connectivity index (χ2v) is 6.17. The molecular formula is C14H20ClNO2S. The molecule has 3 nitrogen and oxygen atoms in total. The Bertz CT molecular complexity index is 428. The summed E-state index contributed by atoms with van der Waals surface area (Å²) in [7, 11) is 1.69. The van der Waals surface area contributed by atoms with Crippen LogP contribution in [0.4, 0.5) is 0 Å². The molecule has 5 heteroatoms. The number of carboxylic acid groups (broad SMARTS) is 1. The summed E-state index contributed by atoms with van der Waals surface area (Å²) in [5, 5.41) is 12.8. The van der Waals surface area contributed by atoms with Crippen molar-refractivity contribution in [2.45, 2.75) is 36.6 Å². The maximum Gasteiger partial charge on any atom is 0.323 e. The summed E-state index contributed by atoms with van der Waals surface area (Å²) in [5.41, 5.74) is -0.824. The van der Waals surface area contributed by atoms with Gasteiger partial charge in [-0.15, -0.1) is 11.8 Å². The highest BCUT2D eigenvalue weighted by Gasteiger charge is 2.29. The van der Waals surface area contributed by atoms with E-state index in [1.54, 1.807) is 25.7 Å². The lowest BCUT2D eigenvalue weighted by molar-refractivity contribution is -0.144. The van der Waals surface area contributed by atoms with Crippen LogP contribution in [0, 0.1) is 0 Å². The maximum absolute atomic E-state index is 11.1. The lowest BCUT2D eigenvalue weighted by Gasteiger charge is -2.23. The van der Waals surface area contributed by atoms with Crippen LogP contribution in [-0.4, -0.2) is 29.4 Å². The van der Waals surface area contributed by atoms with Crippen molar-refractivity contribution in [1.82, 2.24) is 5.32 Å². The van der Waals surface area contributed by atoms with Crippen molar-refractivity contribution in [1.29, 1.82) is 0 Å². The molecule has 0 aliphatic rings. The van der Waals surface area contributed by atoms with Gasteiger partial charge in [0.25, 0.3) is 0 Å². The normalized spacial score (nSPS) is 14.1. The van der Waals surface area contributed by atoms with Crippen LogP contribution < -0.4 is 5.32 Å². The van der Waals surface area contributed by atoms with Crippen LogP contribution in [-0.2, 0) is 4.79 Å². The molecule has 0 aliphatic heterocycles. The first-order valence-corrected chi connectivity index (χ1v) is 7.65. The minimum absolute atomic E-state index is 0.627. The van der Waals surface area contributed by atoms with Gasteiger partial charge in [-0.25, -0.2) is 0 Å². The SMILES string of the molecule is CNC(C)(CCCCSc1ccccc1Cl)C(=O)O. The number of likely N-dealkylation sites (N-methyl/N-ethyl adjacent to an activating group) is 1. The van der Waals surface area contributed by atoms with Crippen LogP contribution in [0.15, 0.2) is 29.2 Å². The molecule has 0 saturated carbocycles. The molecule has 2 N–H and O–H groups in total. The molecule has 0 aromatic heterocycles. The van der Waals surface area contributed by atoms with Crippen molar-refractivity contribution in [2.24, 2.45) is 0 Å². The molecule has 0 heterocycles. The summed E-state index contributed by atoms with van der Waals surface area (Å²) < 4.78 is 0. The number of carbonyl (C=O) groups is 1. The lowest BCUT2D eigenvalue weighted by Crippen LogP contribution is -2.47. The molecule has 1 atom stereocenters. The number of aliphatic carboxylic acids is 1. The molecule has 0 saturated heterocycles. The van der Waals surface area contributed by atoms with E-state index in [4.69, 9.17) is 16.7 Å². The summed E-state index contributed by atoms with van der Waals surface area (Å²) in [5.74, 6) is 0.150. The van der Waals surface area contributed by atoms with E-state index >= 15 is 0 Å². The summed E-state index contributed by atoms with van der Waals surface area (Å²) in [4.78, 5) is 12.2. The van der Waals surface area contributed by atoms with E-state index in [0.717, 1.165) is 28.5 Å². The maximum atomic E-state index is 11.1. The highest BCUT2D eigenvalue weighted by atomic mass is 35.5. The minimum atomic E-state index is -0.824. The van der Waals surface area contributed by atoms with Gasteiger partial charge in [-0.2, -0.15) is 0 Å². The fraction of sp³-hybridized carbons (Fsp3) is 0.500. The van der Waals surface area contributed by atoms with Crippen LogP contribution in [0.2, 0.25) is 5.02 Å². The fourth-order valence-corrected chi connectivity index (χ4v) is 2.91. The van der Waals surface area contributed by atoms with Crippen LogP contribution in [0.25, 0.3) is 0 Å². The first-order chi connectivity index (χ1) is 8.99. The smallest absolute Gasteiger partial charge is 0.323 e. The Morgan fingerprint density at radius 2 is 2.11 bits per heavy atom. The number of carboxylic acids is 1. The van der Waals surface area contributed by atoms with Crippen molar-refractivity contribution in [3.05, 3.63) is 29.3 Å². The lowest BCUT2D eigenvalue weighted by atomic mass is 9.95. The molecule has 0 fully saturated rings. The zero-order valence-electron chi connectivity index (χ0n) is 11.3. The highest BCUT2D eigenvalue weighted by molar-refractivity contribution is 7.99. The monoisotopic (exact) mass is 301 g/mol. The molecule has 0 spiro atoms. The number of benzene rings is 1. The quantitative estimate of drug-likeness (QED) is 0.568. The van der Waals surface area contributed by atoms with E-state index in [2.05, 4.69) is 5.32 Å². The third-order valence-corrected chi connectivity index (χ3v) is 4.79. The fourth-order valence-electron chi connectivity index (χ4n) is 1.66. The number of halogens is 1. The summed E-state index contributed by atoms with van der Waals surface area (Å²) >= 11 is 7.78. The van der Waals surface area contributed by atoms with Crippen LogP contribution >= 0.6 is 23.4 Å². The third kappa shape index (κ3) is 5.05. The minimum Gasteiger partial charge on any atom is -0.480 e. The second kappa shape index (κ2) is 7.78. The van der Waals surface area contributed by atoms with E-state index in [9.17, 15) is 4.79 Å². The first kappa shape index (κ1) is 16.3. The number of hydrogen-bond donors (Lipinski definition) is 2. The molecule has 1 rings (SSSR count). The molecule has 0 radical (unpaired) electrons. The number of hydrogen-bond acceptors (Lipinski definition) is 3. The van der Waals surface area contributed by atoms with Gasteiger partial charge in [0.1, 0.15) is 5.54 Å². The van der Waals surface area contributed by atoms with Gasteiger partial charge >= 0.3 is 5.97 Å². The molecule has 106 valence electrons. The van der Waals surface area contributed by atoms with Gasteiger partial charge in [0.05, 0.1) is 5.02 Å². The molecule has 1 unspecified atom stereocenters. The molecule has 0 bridgehead atoms. The third-order valence-electron chi connectivity index (χ3n) is 3.19. The Hall–Kier alpha value is -0.710. The van der Waals surface area contributed by atoms with E-state index in [0.29, 0.717) is 6.42 Å². The number of rotatable bonds is 8. The number of thioether (sulfide) groups is 1. The van der Waals surface area contributed by atoms with Crippen LogP contribution in [0.1, 0.15) is 26.2 Å². The Kier molecular flexibility index (Phi) is 6.69. The highest BCUT2D eigenvalue weighted by Crippen LogP contribution is 2.27. The average Bonchev–Trinajstić information content (AvgIpc) is 2.39. The summed E-state index contributed by atoms with van der Waals surface area (Å²) in [6.07, 6.45) is 2.48. The molecule has 1 aromatic rings. The largest absolute Gasteiger partial charge is 0.480 e. The predicted molar refractivity (Wildman–Crippen MR) is 81.1 cm³/mol. The average molecular weight is 302 g/mol. The summed E-state index contributed by atoms with van der Waals surface area (Å²) in [6, 6.07) is 7.77. The van der Waals surface area contributed by atoms with Crippen LogP contribution in [0.3, 0.4) is 0 Å². The van der Waals surface area contributed by atoms with Gasteiger partial charge in [0.2, 0.25) is 0 Å². The van der Waals surface area contributed by atoms with Gasteiger partial charge in [0, 0.05) is 4.90 Å². The van der Waals surface area contributed by atoms with Crippen molar-refractivity contribution in [2.75, 3.05) is 12.8 Å². The Labute approximate surface area is 123 Å². The van der Waals surface area contributed by atoms with Crippen molar-refractivity contribution in [3.63, 3.8) is 0 Å². The number of unbranched alkanes of at least 4 members (excludes halogenated alkanes) is 1. The van der Waals surface area contributed by atoms with Crippen molar-refractivity contribution >= 4 is 29.3 Å². The van der Waals surface area contributed by atoms with Crippen molar-refractivity contribution < 1.29 is 9.90 Å². The van der Waals surface area contributed by atoms with E-state index in [1.807, 2.05) is 24.3 Å². The molecule has 1 aromatic carbocycles. The Balaban J connectivity index is 2.29. The van der Waals surface area contributed by atoms with Gasteiger partial charge < -0.3 is 10.4 Å². The van der Waals surface area contributed by atoms with E-state index in [1.165, 1.54) is 0 Å². The van der Waals surface area contributed by atoms with E-state index < -0.39 is 11.5 Å². The van der Waals surface area contributed by atoms with Crippen molar-refractivity contribution in [3.8, 4) is 0 Å². The second-order valence-electron chi connectivity index (χ2n) is 4.62. The van der Waals surface area contributed by atoms with Crippen LogP contribution in [0.5, 0.6) is 0 Å². The summed E-state index contributed by atoms with van der Waals surface area (Å²) in [6.45, 7) is 1.72. The zero-order chi connectivity index (χ0) is 14.3. The topological polar surface area (TPSA) is 49.3 Å². The van der Waals surface area contributed by atoms with Gasteiger partial charge in [-0.1, -0.05) is 30.2 Å². The van der Waals surface area contributed by atoms with Gasteiger partial charge in [-0.3, -0.25) is 4.79 Å². The molecule has 19 heavy (non-hydrogen) atoms. The van der Waals surface area contributed by atoms with E-state index in [-0.39, 0.29) is 0 Å². The Morgan fingerprint density at radius 3 is 2.68 bits per heavy atom.